The molecular formula is C13H23N3O2. The maximum atomic E-state index is 12.4. The Balaban J connectivity index is 2.01. The summed E-state index contributed by atoms with van der Waals surface area (Å²) in [5, 5.41) is 2.80. The predicted octanol–water partition coefficient (Wildman–Crippen LogP) is 0.241. The highest BCUT2D eigenvalue weighted by Crippen LogP contribution is 2.29. The van der Waals surface area contributed by atoms with Crippen LogP contribution in [0.3, 0.4) is 0 Å². The molecule has 1 saturated heterocycles. The van der Waals surface area contributed by atoms with Crippen molar-refractivity contribution in [3.8, 4) is 0 Å². The molecule has 0 aromatic rings. The number of nitrogens with one attached hydrogen (secondary N) is 1. The van der Waals surface area contributed by atoms with Crippen molar-refractivity contribution in [2.24, 2.45) is 11.7 Å². The minimum absolute atomic E-state index is 0.0669. The van der Waals surface area contributed by atoms with Gasteiger partial charge in [0.05, 0.1) is 0 Å². The number of rotatable bonds is 2. The molecule has 0 spiro atoms. The summed E-state index contributed by atoms with van der Waals surface area (Å²) < 4.78 is 0. The van der Waals surface area contributed by atoms with Crippen molar-refractivity contribution in [1.82, 2.24) is 10.2 Å². The first-order valence-electron chi connectivity index (χ1n) is 6.77. The van der Waals surface area contributed by atoms with E-state index in [1.54, 1.807) is 18.7 Å². The van der Waals surface area contributed by atoms with Crippen molar-refractivity contribution in [2.45, 2.75) is 51.1 Å². The van der Waals surface area contributed by atoms with E-state index in [2.05, 4.69) is 5.32 Å². The van der Waals surface area contributed by atoms with Gasteiger partial charge in [-0.15, -0.1) is 0 Å². The number of nitrogens with zero attached hydrogens (tertiary/aromatic N) is 1. The van der Waals surface area contributed by atoms with Crippen LogP contribution in [0.1, 0.15) is 39.5 Å². The van der Waals surface area contributed by atoms with Crippen molar-refractivity contribution >= 4 is 11.8 Å². The van der Waals surface area contributed by atoms with Crippen molar-refractivity contribution < 1.29 is 9.59 Å². The summed E-state index contributed by atoms with van der Waals surface area (Å²) in [6.45, 7) is 4.74. The van der Waals surface area contributed by atoms with Gasteiger partial charge in [-0.1, -0.05) is 6.42 Å². The summed E-state index contributed by atoms with van der Waals surface area (Å²) in [5.74, 6) is 0.285. The van der Waals surface area contributed by atoms with E-state index < -0.39 is 5.54 Å². The molecule has 0 unspecified atom stereocenters. The second-order valence-electron chi connectivity index (χ2n) is 5.92. The minimum atomic E-state index is -0.738. The van der Waals surface area contributed by atoms with Gasteiger partial charge in [-0.25, -0.2) is 0 Å². The fourth-order valence-corrected chi connectivity index (χ4v) is 2.99. The van der Waals surface area contributed by atoms with Gasteiger partial charge in [-0.3, -0.25) is 9.59 Å². The van der Waals surface area contributed by atoms with Crippen molar-refractivity contribution in [2.75, 3.05) is 13.1 Å². The van der Waals surface area contributed by atoms with Gasteiger partial charge in [0.15, 0.2) is 0 Å². The Hall–Kier alpha value is -1.10. The van der Waals surface area contributed by atoms with Gasteiger partial charge in [0, 0.05) is 25.6 Å². The molecule has 5 nitrogen and oxygen atoms in total. The van der Waals surface area contributed by atoms with E-state index >= 15 is 0 Å². The molecule has 2 amide bonds. The Kier molecular flexibility index (Phi) is 3.61. The van der Waals surface area contributed by atoms with E-state index in [1.807, 2.05) is 0 Å². The summed E-state index contributed by atoms with van der Waals surface area (Å²) in [6, 6.07) is 0.149. The molecule has 2 aliphatic rings. The van der Waals surface area contributed by atoms with Crippen LogP contribution < -0.4 is 11.1 Å². The second kappa shape index (κ2) is 4.88. The molecule has 2 atom stereocenters. The van der Waals surface area contributed by atoms with E-state index in [0.717, 1.165) is 19.3 Å². The number of hydrogen-bond acceptors (Lipinski definition) is 3. The van der Waals surface area contributed by atoms with E-state index in [-0.39, 0.29) is 17.9 Å². The zero-order valence-electron chi connectivity index (χ0n) is 11.2. The van der Waals surface area contributed by atoms with Crippen molar-refractivity contribution in [3.05, 3.63) is 0 Å². The van der Waals surface area contributed by atoms with Gasteiger partial charge < -0.3 is 16.0 Å². The topological polar surface area (TPSA) is 75.4 Å². The normalized spacial score (nSPS) is 31.3. The SMILES string of the molecule is CC1(C)C(=O)NCCN1C(=O)C[C@@H]1CCC[C@H]1N. The largest absolute Gasteiger partial charge is 0.352 e. The molecule has 18 heavy (non-hydrogen) atoms. The Morgan fingerprint density at radius 3 is 2.83 bits per heavy atom. The van der Waals surface area contributed by atoms with Crippen LogP contribution in [0.15, 0.2) is 0 Å². The first-order valence-corrected chi connectivity index (χ1v) is 6.77. The molecule has 0 bridgehead atoms. The lowest BCUT2D eigenvalue weighted by molar-refractivity contribution is -0.149. The fraction of sp³-hybridized carbons (Fsp3) is 0.846. The van der Waals surface area contributed by atoms with Crippen LogP contribution >= 0.6 is 0 Å². The van der Waals surface area contributed by atoms with Crippen LogP contribution in [0.4, 0.5) is 0 Å². The number of carbonyl (C=O) groups is 2. The molecule has 3 N–H and O–H groups in total. The zero-order valence-corrected chi connectivity index (χ0v) is 11.2. The Morgan fingerprint density at radius 1 is 1.50 bits per heavy atom. The van der Waals surface area contributed by atoms with Crippen molar-refractivity contribution in [3.63, 3.8) is 0 Å². The monoisotopic (exact) mass is 253 g/mol. The number of nitrogens with two attached hydrogens (primary N) is 1. The number of carbonyl (C=O) groups excluding carboxylic acids is 2. The molecule has 1 heterocycles. The molecule has 5 heteroatoms. The maximum absolute atomic E-state index is 12.4. The molecule has 0 aromatic heterocycles. The predicted molar refractivity (Wildman–Crippen MR) is 68.7 cm³/mol. The maximum Gasteiger partial charge on any atom is 0.245 e. The highest BCUT2D eigenvalue weighted by Gasteiger charge is 2.41. The van der Waals surface area contributed by atoms with E-state index in [1.165, 1.54) is 0 Å². The smallest absolute Gasteiger partial charge is 0.245 e. The van der Waals surface area contributed by atoms with Crippen LogP contribution in [0.2, 0.25) is 0 Å². The number of piperazine rings is 1. The molecule has 2 rings (SSSR count). The summed E-state index contributed by atoms with van der Waals surface area (Å²) in [7, 11) is 0. The fourth-order valence-electron chi connectivity index (χ4n) is 2.99. The number of hydrogen-bond donors (Lipinski definition) is 2. The highest BCUT2D eigenvalue weighted by atomic mass is 16.2. The summed E-state index contributed by atoms with van der Waals surface area (Å²) >= 11 is 0. The highest BCUT2D eigenvalue weighted by molar-refractivity contribution is 5.91. The molecule has 0 aromatic carbocycles. The first kappa shape index (κ1) is 13.3. The van der Waals surface area contributed by atoms with Crippen LogP contribution in [0.5, 0.6) is 0 Å². The molecule has 102 valence electrons. The average Bonchev–Trinajstić information content (AvgIpc) is 2.68. The Morgan fingerprint density at radius 2 is 2.22 bits per heavy atom. The van der Waals surface area contributed by atoms with E-state index in [9.17, 15) is 9.59 Å². The number of amides is 2. The zero-order chi connectivity index (χ0) is 13.3. The summed E-state index contributed by atoms with van der Waals surface area (Å²) in [6.07, 6.45) is 3.65. The molecule has 0 radical (unpaired) electrons. The van der Waals surface area contributed by atoms with Crippen LogP contribution in [0.25, 0.3) is 0 Å². The third-order valence-corrected chi connectivity index (χ3v) is 4.31. The average molecular weight is 253 g/mol. The Bertz CT molecular complexity index is 354. The minimum Gasteiger partial charge on any atom is -0.352 e. The molecule has 1 aliphatic carbocycles. The van der Waals surface area contributed by atoms with E-state index in [4.69, 9.17) is 5.73 Å². The molecule has 2 fully saturated rings. The van der Waals surface area contributed by atoms with Crippen LogP contribution in [-0.4, -0.2) is 41.4 Å². The van der Waals surface area contributed by atoms with Gasteiger partial charge in [0.1, 0.15) is 5.54 Å². The van der Waals surface area contributed by atoms with Crippen LogP contribution in [0, 0.1) is 5.92 Å². The quantitative estimate of drug-likeness (QED) is 0.740. The first-order chi connectivity index (χ1) is 8.43. The molecular weight excluding hydrogens is 230 g/mol. The standard InChI is InChI=1S/C13H23N3O2/c1-13(2)12(18)15-6-7-16(13)11(17)8-9-4-3-5-10(9)14/h9-10H,3-8,14H2,1-2H3,(H,15,18)/t9-,10+/m0/s1. The van der Waals surface area contributed by atoms with Gasteiger partial charge in [-0.05, 0) is 32.6 Å². The molecule has 1 saturated carbocycles. The summed E-state index contributed by atoms with van der Waals surface area (Å²) in [4.78, 5) is 25.9. The lowest BCUT2D eigenvalue weighted by Gasteiger charge is -2.41. The van der Waals surface area contributed by atoms with Crippen molar-refractivity contribution in [1.29, 1.82) is 0 Å². The lowest BCUT2D eigenvalue weighted by Crippen LogP contribution is -2.63. The lowest BCUT2D eigenvalue weighted by atomic mass is 9.94. The third-order valence-electron chi connectivity index (χ3n) is 4.31. The Labute approximate surface area is 108 Å². The second-order valence-corrected chi connectivity index (χ2v) is 5.92. The van der Waals surface area contributed by atoms with Gasteiger partial charge >= 0.3 is 0 Å². The van der Waals surface area contributed by atoms with E-state index in [0.29, 0.717) is 25.4 Å². The van der Waals surface area contributed by atoms with Gasteiger partial charge in [-0.2, -0.15) is 0 Å². The third kappa shape index (κ3) is 2.36. The molecule has 1 aliphatic heterocycles. The van der Waals surface area contributed by atoms with Gasteiger partial charge in [0.2, 0.25) is 11.8 Å². The summed E-state index contributed by atoms with van der Waals surface area (Å²) in [5.41, 5.74) is 5.26. The van der Waals surface area contributed by atoms with Gasteiger partial charge in [0.25, 0.3) is 0 Å². The van der Waals surface area contributed by atoms with Crippen LogP contribution in [-0.2, 0) is 9.59 Å².